The summed E-state index contributed by atoms with van der Waals surface area (Å²) in [6.07, 6.45) is 8.44. The first-order valence-corrected chi connectivity index (χ1v) is 17.2. The van der Waals surface area contributed by atoms with Gasteiger partial charge in [-0.25, -0.2) is 0 Å². The van der Waals surface area contributed by atoms with Gasteiger partial charge in [0.25, 0.3) is 0 Å². The number of aliphatic carboxylic acids is 1. The molecule has 2 unspecified atom stereocenters. The maximum Gasteiger partial charge on any atom is 0.307 e. The Kier molecular flexibility index (Phi) is 7.54. The van der Waals surface area contributed by atoms with Crippen LogP contribution >= 0.6 is 0 Å². The Hall–Kier alpha value is -1.44. The van der Waals surface area contributed by atoms with Crippen LogP contribution in [0.15, 0.2) is 11.6 Å². The van der Waals surface area contributed by atoms with Crippen molar-refractivity contribution < 1.29 is 28.9 Å². The third kappa shape index (κ3) is 4.08. The number of ether oxygens (including phenoxy) is 3. The Morgan fingerprint density at radius 3 is 2.47 bits per heavy atom. The van der Waals surface area contributed by atoms with Crippen LogP contribution < -0.4 is 5.73 Å². The molecule has 4 saturated carbocycles. The topological polar surface area (TPSA) is 108 Å². The van der Waals surface area contributed by atoms with E-state index in [1.807, 2.05) is 0 Å². The van der Waals surface area contributed by atoms with Crippen LogP contribution in [-0.4, -0.2) is 55.1 Å². The molecular weight excluding hydrogens is 542 g/mol. The van der Waals surface area contributed by atoms with Crippen molar-refractivity contribution >= 4 is 11.9 Å². The van der Waals surface area contributed by atoms with Crippen LogP contribution in [0.2, 0.25) is 0 Å². The van der Waals surface area contributed by atoms with Crippen molar-refractivity contribution in [3.8, 4) is 0 Å². The zero-order valence-corrected chi connectivity index (χ0v) is 27.9. The SMILES string of the molecule is CC(=O)O[C@@H]1C[C@@]23COC4C([C@@H]2CC[C@H]2C3=CC[C@@]3(C)[C@H](C(=O)O)[C@@](C)([C@H](C)C(C)C)CC[C@]23C)[C@@]4(C)[C@H]1OCCCN. The predicted octanol–water partition coefficient (Wildman–Crippen LogP) is 6.24. The second kappa shape index (κ2) is 10.3. The summed E-state index contributed by atoms with van der Waals surface area (Å²) < 4.78 is 19.5. The van der Waals surface area contributed by atoms with E-state index in [0.29, 0.717) is 55.8 Å². The number of carboxylic acids is 1. The van der Waals surface area contributed by atoms with Crippen LogP contribution in [0.4, 0.5) is 0 Å². The molecule has 3 N–H and O–H groups in total. The van der Waals surface area contributed by atoms with Crippen molar-refractivity contribution in [2.24, 2.45) is 68.3 Å². The average molecular weight is 600 g/mol. The van der Waals surface area contributed by atoms with E-state index >= 15 is 0 Å². The molecule has 13 atom stereocenters. The number of nitrogens with two attached hydrogens (primary N) is 1. The highest BCUT2D eigenvalue weighted by Gasteiger charge is 2.80. The third-order valence-electron chi connectivity index (χ3n) is 15.0. The molecule has 43 heavy (non-hydrogen) atoms. The highest BCUT2D eigenvalue weighted by atomic mass is 16.6. The number of carbonyl (C=O) groups excluding carboxylic acids is 1. The number of esters is 1. The fraction of sp³-hybridized carbons (Fsp3) is 0.889. The van der Waals surface area contributed by atoms with Gasteiger partial charge in [-0.15, -0.1) is 0 Å². The van der Waals surface area contributed by atoms with Crippen LogP contribution in [0, 0.1) is 62.6 Å². The molecule has 5 fully saturated rings. The van der Waals surface area contributed by atoms with Gasteiger partial charge >= 0.3 is 11.9 Å². The van der Waals surface area contributed by atoms with Gasteiger partial charge in [0.1, 0.15) is 12.2 Å². The van der Waals surface area contributed by atoms with E-state index in [-0.39, 0.29) is 51.4 Å². The molecule has 2 bridgehead atoms. The number of allylic oxidation sites excluding steroid dienone is 1. The first-order valence-electron chi connectivity index (χ1n) is 17.2. The summed E-state index contributed by atoms with van der Waals surface area (Å²) >= 11 is 0. The average Bonchev–Trinajstić information content (AvgIpc) is 3.55. The van der Waals surface area contributed by atoms with Crippen molar-refractivity contribution in [1.29, 1.82) is 0 Å². The van der Waals surface area contributed by atoms with Gasteiger partial charge in [-0.05, 0) is 97.3 Å². The van der Waals surface area contributed by atoms with Gasteiger partial charge in [0.05, 0.1) is 18.6 Å². The number of rotatable bonds is 8. The summed E-state index contributed by atoms with van der Waals surface area (Å²) in [6, 6.07) is 0. The molecule has 1 saturated heterocycles. The quantitative estimate of drug-likeness (QED) is 0.193. The molecular formula is C36H57NO6. The van der Waals surface area contributed by atoms with Gasteiger partial charge in [0.2, 0.25) is 0 Å². The van der Waals surface area contributed by atoms with Crippen molar-refractivity contribution in [3.05, 3.63) is 11.6 Å². The molecule has 0 aromatic rings. The van der Waals surface area contributed by atoms with Crippen LogP contribution in [0.1, 0.15) is 100 Å². The van der Waals surface area contributed by atoms with Crippen molar-refractivity contribution in [2.45, 2.75) is 119 Å². The molecule has 0 aromatic heterocycles. The van der Waals surface area contributed by atoms with Gasteiger partial charge in [0.15, 0.2) is 0 Å². The molecule has 7 heteroatoms. The largest absolute Gasteiger partial charge is 0.481 e. The highest BCUT2D eigenvalue weighted by Crippen LogP contribution is 2.78. The molecule has 7 nitrogen and oxygen atoms in total. The van der Waals surface area contributed by atoms with E-state index in [1.165, 1.54) is 12.5 Å². The molecule has 1 heterocycles. The van der Waals surface area contributed by atoms with Crippen LogP contribution in [0.5, 0.6) is 0 Å². The molecule has 0 radical (unpaired) electrons. The van der Waals surface area contributed by atoms with E-state index in [1.54, 1.807) is 0 Å². The van der Waals surface area contributed by atoms with Gasteiger partial charge < -0.3 is 25.1 Å². The zero-order valence-electron chi connectivity index (χ0n) is 27.9. The molecule has 6 aliphatic rings. The highest BCUT2D eigenvalue weighted by molar-refractivity contribution is 5.73. The van der Waals surface area contributed by atoms with Gasteiger partial charge in [-0.3, -0.25) is 9.59 Å². The molecule has 242 valence electrons. The lowest BCUT2D eigenvalue weighted by Crippen LogP contribution is -2.64. The first kappa shape index (κ1) is 31.5. The minimum Gasteiger partial charge on any atom is -0.481 e. The zero-order chi connectivity index (χ0) is 31.3. The predicted molar refractivity (Wildman–Crippen MR) is 165 cm³/mol. The lowest BCUT2D eigenvalue weighted by atomic mass is 9.35. The van der Waals surface area contributed by atoms with Crippen molar-refractivity contribution in [3.63, 3.8) is 0 Å². The fourth-order valence-electron chi connectivity index (χ4n) is 12.3. The fourth-order valence-corrected chi connectivity index (χ4v) is 12.3. The minimum absolute atomic E-state index is 0.123. The lowest BCUT2D eigenvalue weighted by Gasteiger charge is -2.68. The van der Waals surface area contributed by atoms with Crippen LogP contribution in [-0.2, 0) is 23.8 Å². The first-order chi connectivity index (χ1) is 20.1. The van der Waals surface area contributed by atoms with Crippen molar-refractivity contribution in [1.82, 2.24) is 0 Å². The Bertz CT molecular complexity index is 1180. The van der Waals surface area contributed by atoms with E-state index in [0.717, 1.165) is 38.5 Å². The molecule has 0 spiro atoms. The molecule has 5 aliphatic carbocycles. The lowest BCUT2D eigenvalue weighted by molar-refractivity contribution is -0.199. The smallest absolute Gasteiger partial charge is 0.307 e. The summed E-state index contributed by atoms with van der Waals surface area (Å²) in [4.78, 5) is 25.8. The molecule has 0 amide bonds. The second-order valence-electron chi connectivity index (χ2n) is 16.8. The Morgan fingerprint density at radius 1 is 1.12 bits per heavy atom. The summed E-state index contributed by atoms with van der Waals surface area (Å²) in [5, 5.41) is 10.9. The van der Waals surface area contributed by atoms with Gasteiger partial charge in [-0.2, -0.15) is 0 Å². The summed E-state index contributed by atoms with van der Waals surface area (Å²) in [5.74, 6) is 0.559. The standard InChI is InChI=1S/C36H57NO6/c1-20(2)21(3)32(5)14-15-33(6)23-10-11-25-27-30-35(27,8)29(41-17-9-16-37)26(43-22(4)38)18-36(25,19-42-30)24(23)12-13-34(33,7)28(32)31(39)40/h12,20-21,23,25-30H,9-11,13-19,37H2,1-8H3,(H,39,40)/t21-,23+,25+,26-,27?,28-,29+,30?,32-,33-,34+,35+,36+/m1/s1. The Morgan fingerprint density at radius 2 is 1.84 bits per heavy atom. The van der Waals surface area contributed by atoms with Crippen LogP contribution in [0.25, 0.3) is 0 Å². The summed E-state index contributed by atoms with van der Waals surface area (Å²) in [7, 11) is 0. The molecule has 6 rings (SSSR count). The normalized spacial score (nSPS) is 50.4. The van der Waals surface area contributed by atoms with Gasteiger partial charge in [-0.1, -0.05) is 60.1 Å². The second-order valence-corrected chi connectivity index (χ2v) is 16.8. The monoisotopic (exact) mass is 599 g/mol. The number of hydrogen-bond acceptors (Lipinski definition) is 6. The van der Waals surface area contributed by atoms with E-state index in [2.05, 4.69) is 54.5 Å². The van der Waals surface area contributed by atoms with Crippen molar-refractivity contribution in [2.75, 3.05) is 19.8 Å². The number of fused-ring (bicyclic) bond motifs is 4. The van der Waals surface area contributed by atoms with Gasteiger partial charge in [0, 0.05) is 24.4 Å². The van der Waals surface area contributed by atoms with E-state index in [9.17, 15) is 14.7 Å². The Labute approximate surface area is 259 Å². The molecule has 1 aliphatic heterocycles. The molecule has 0 aromatic carbocycles. The number of carboxylic acid groups (broad SMARTS) is 1. The van der Waals surface area contributed by atoms with Crippen LogP contribution in [0.3, 0.4) is 0 Å². The van der Waals surface area contributed by atoms with E-state index in [4.69, 9.17) is 19.9 Å². The summed E-state index contributed by atoms with van der Waals surface area (Å²) in [6.45, 7) is 19.3. The summed E-state index contributed by atoms with van der Waals surface area (Å²) in [5.41, 5.74) is 6.13. The van der Waals surface area contributed by atoms with E-state index < -0.39 is 11.9 Å². The number of hydrogen-bond donors (Lipinski definition) is 2. The minimum atomic E-state index is -0.633. The maximum absolute atomic E-state index is 13.3. The third-order valence-corrected chi connectivity index (χ3v) is 15.0. The Balaban J connectivity index is 1.43. The maximum atomic E-state index is 13.3. The number of carbonyl (C=O) groups is 2.